The molecule has 0 aromatic heterocycles. The molecule has 0 atom stereocenters. The van der Waals surface area contributed by atoms with E-state index in [-0.39, 0.29) is 19.0 Å². The molecule has 0 spiro atoms. The zero-order chi connectivity index (χ0) is 16.0. The molecule has 0 aliphatic heterocycles. The summed E-state index contributed by atoms with van der Waals surface area (Å²) in [6, 6.07) is 2.80. The van der Waals surface area contributed by atoms with Gasteiger partial charge in [-0.05, 0) is 12.0 Å². The van der Waals surface area contributed by atoms with Gasteiger partial charge in [0.2, 0.25) is 0 Å². The standard InChI is InChI=1S/C15H22FNO4/c1-10(2)7-17(9-15(18)19)8-11-5-13(20-3)14(21-4)6-12(11)16/h5-6,10H,7-9H2,1-4H3,(H,18,19). The van der Waals surface area contributed by atoms with Gasteiger partial charge in [0.25, 0.3) is 0 Å². The number of aliphatic carboxylic acids is 1. The third-order valence-electron chi connectivity index (χ3n) is 2.93. The summed E-state index contributed by atoms with van der Waals surface area (Å²) in [5.74, 6) is -0.350. The lowest BCUT2D eigenvalue weighted by molar-refractivity contribution is -0.138. The number of carbonyl (C=O) groups is 1. The second-order valence-corrected chi connectivity index (χ2v) is 5.26. The Morgan fingerprint density at radius 3 is 2.33 bits per heavy atom. The minimum atomic E-state index is -0.934. The van der Waals surface area contributed by atoms with Gasteiger partial charge in [0.1, 0.15) is 5.82 Å². The Balaban J connectivity index is 2.99. The van der Waals surface area contributed by atoms with Crippen molar-refractivity contribution in [3.63, 3.8) is 0 Å². The Morgan fingerprint density at radius 2 is 1.86 bits per heavy atom. The highest BCUT2D eigenvalue weighted by atomic mass is 19.1. The van der Waals surface area contributed by atoms with Crippen LogP contribution in [0.3, 0.4) is 0 Å². The van der Waals surface area contributed by atoms with Crippen LogP contribution >= 0.6 is 0 Å². The summed E-state index contributed by atoms with van der Waals surface area (Å²) in [7, 11) is 2.91. The molecule has 0 bridgehead atoms. The average molecular weight is 299 g/mol. The highest BCUT2D eigenvalue weighted by Crippen LogP contribution is 2.30. The van der Waals surface area contributed by atoms with Gasteiger partial charge >= 0.3 is 5.97 Å². The third kappa shape index (κ3) is 5.23. The van der Waals surface area contributed by atoms with Gasteiger partial charge in [-0.25, -0.2) is 4.39 Å². The summed E-state index contributed by atoms with van der Waals surface area (Å²) in [5, 5.41) is 8.95. The fourth-order valence-electron chi connectivity index (χ4n) is 2.15. The number of carboxylic acid groups (broad SMARTS) is 1. The van der Waals surface area contributed by atoms with Gasteiger partial charge in [-0.2, -0.15) is 0 Å². The number of carboxylic acids is 1. The van der Waals surface area contributed by atoms with Crippen molar-refractivity contribution in [2.24, 2.45) is 5.92 Å². The van der Waals surface area contributed by atoms with Crippen LogP contribution in [0.2, 0.25) is 0 Å². The van der Waals surface area contributed by atoms with Crippen LogP contribution in [0.4, 0.5) is 4.39 Å². The van der Waals surface area contributed by atoms with E-state index in [2.05, 4.69) is 0 Å². The maximum Gasteiger partial charge on any atom is 0.317 e. The number of rotatable bonds is 8. The zero-order valence-electron chi connectivity index (χ0n) is 12.9. The van der Waals surface area contributed by atoms with Crippen LogP contribution in [0, 0.1) is 11.7 Å². The van der Waals surface area contributed by atoms with Crippen molar-refractivity contribution < 1.29 is 23.8 Å². The molecule has 0 saturated heterocycles. The van der Waals surface area contributed by atoms with E-state index in [0.29, 0.717) is 23.6 Å². The molecule has 21 heavy (non-hydrogen) atoms. The SMILES string of the molecule is COc1cc(F)c(CN(CC(=O)O)CC(C)C)cc1OC. The van der Waals surface area contributed by atoms with Gasteiger partial charge in [-0.1, -0.05) is 13.8 Å². The molecule has 0 amide bonds. The Hall–Kier alpha value is -1.82. The monoisotopic (exact) mass is 299 g/mol. The van der Waals surface area contributed by atoms with Crippen molar-refractivity contribution in [2.75, 3.05) is 27.3 Å². The van der Waals surface area contributed by atoms with Crippen LogP contribution < -0.4 is 9.47 Å². The number of methoxy groups -OCH3 is 2. The number of halogens is 1. The maximum absolute atomic E-state index is 14.1. The molecule has 0 aliphatic carbocycles. The van der Waals surface area contributed by atoms with E-state index in [1.54, 1.807) is 11.0 Å². The molecule has 0 fully saturated rings. The number of nitrogens with zero attached hydrogens (tertiary/aromatic N) is 1. The fraction of sp³-hybridized carbons (Fsp3) is 0.533. The van der Waals surface area contributed by atoms with E-state index in [1.165, 1.54) is 20.3 Å². The van der Waals surface area contributed by atoms with Gasteiger partial charge in [-0.3, -0.25) is 9.69 Å². The summed E-state index contributed by atoms with van der Waals surface area (Å²) in [6.45, 7) is 4.61. The molecule has 0 saturated carbocycles. The molecule has 0 heterocycles. The molecule has 1 N–H and O–H groups in total. The molecule has 1 aromatic carbocycles. The first-order valence-corrected chi connectivity index (χ1v) is 6.71. The first-order valence-electron chi connectivity index (χ1n) is 6.71. The average Bonchev–Trinajstić information content (AvgIpc) is 2.38. The van der Waals surface area contributed by atoms with Crippen LogP contribution in [-0.2, 0) is 11.3 Å². The van der Waals surface area contributed by atoms with Crippen LogP contribution in [0.1, 0.15) is 19.4 Å². The highest BCUT2D eigenvalue weighted by Gasteiger charge is 2.17. The lowest BCUT2D eigenvalue weighted by atomic mass is 10.1. The molecule has 0 radical (unpaired) electrons. The van der Waals surface area contributed by atoms with Gasteiger partial charge in [0.15, 0.2) is 11.5 Å². The number of hydrogen-bond donors (Lipinski definition) is 1. The van der Waals surface area contributed by atoms with Gasteiger partial charge < -0.3 is 14.6 Å². The van der Waals surface area contributed by atoms with E-state index in [9.17, 15) is 9.18 Å². The van der Waals surface area contributed by atoms with Crippen molar-refractivity contribution in [1.82, 2.24) is 4.90 Å². The van der Waals surface area contributed by atoms with E-state index in [0.717, 1.165) is 0 Å². The van der Waals surface area contributed by atoms with Crippen LogP contribution in [-0.4, -0.2) is 43.3 Å². The normalized spacial score (nSPS) is 11.0. The lowest BCUT2D eigenvalue weighted by Crippen LogP contribution is -2.32. The minimum Gasteiger partial charge on any atom is -0.493 e. The zero-order valence-corrected chi connectivity index (χ0v) is 12.9. The van der Waals surface area contributed by atoms with Gasteiger partial charge in [-0.15, -0.1) is 0 Å². The topological polar surface area (TPSA) is 59.0 Å². The fourth-order valence-corrected chi connectivity index (χ4v) is 2.15. The largest absolute Gasteiger partial charge is 0.493 e. The first kappa shape index (κ1) is 17.2. The number of benzene rings is 1. The molecular formula is C15H22FNO4. The Morgan fingerprint density at radius 1 is 1.29 bits per heavy atom. The Kier molecular flexibility index (Phi) is 6.42. The summed E-state index contributed by atoms with van der Waals surface area (Å²) in [4.78, 5) is 12.6. The van der Waals surface area contributed by atoms with E-state index in [1.807, 2.05) is 13.8 Å². The highest BCUT2D eigenvalue weighted by molar-refractivity contribution is 5.69. The molecular weight excluding hydrogens is 277 g/mol. The van der Waals surface area contributed by atoms with Gasteiger partial charge in [0, 0.05) is 24.7 Å². The molecule has 0 aliphatic rings. The van der Waals surface area contributed by atoms with Crippen LogP contribution in [0.25, 0.3) is 0 Å². The quantitative estimate of drug-likeness (QED) is 0.798. The Bertz CT molecular complexity index is 491. The Labute approximate surface area is 124 Å². The van der Waals surface area contributed by atoms with E-state index < -0.39 is 11.8 Å². The molecule has 0 unspecified atom stereocenters. The second-order valence-electron chi connectivity index (χ2n) is 5.26. The van der Waals surface area contributed by atoms with Crippen LogP contribution in [0.5, 0.6) is 11.5 Å². The smallest absolute Gasteiger partial charge is 0.317 e. The number of ether oxygens (including phenoxy) is 2. The maximum atomic E-state index is 14.1. The summed E-state index contributed by atoms with van der Waals surface area (Å²) in [5.41, 5.74) is 0.384. The van der Waals surface area contributed by atoms with E-state index >= 15 is 0 Å². The minimum absolute atomic E-state index is 0.133. The van der Waals surface area contributed by atoms with Crippen molar-refractivity contribution in [3.8, 4) is 11.5 Å². The molecule has 5 nitrogen and oxygen atoms in total. The summed E-state index contributed by atoms with van der Waals surface area (Å²) in [6.07, 6.45) is 0. The number of hydrogen-bond acceptors (Lipinski definition) is 4. The van der Waals surface area contributed by atoms with Crippen molar-refractivity contribution in [1.29, 1.82) is 0 Å². The van der Waals surface area contributed by atoms with Crippen molar-refractivity contribution in [2.45, 2.75) is 20.4 Å². The molecule has 1 aromatic rings. The summed E-state index contributed by atoms with van der Waals surface area (Å²) >= 11 is 0. The van der Waals surface area contributed by atoms with Crippen molar-refractivity contribution in [3.05, 3.63) is 23.5 Å². The predicted octanol–water partition coefficient (Wildman–Crippen LogP) is 2.39. The predicted molar refractivity (Wildman–Crippen MR) is 77.3 cm³/mol. The summed E-state index contributed by atoms with van der Waals surface area (Å²) < 4.78 is 24.3. The lowest BCUT2D eigenvalue weighted by Gasteiger charge is -2.23. The van der Waals surface area contributed by atoms with Crippen LogP contribution in [0.15, 0.2) is 12.1 Å². The van der Waals surface area contributed by atoms with E-state index in [4.69, 9.17) is 14.6 Å². The second kappa shape index (κ2) is 7.83. The molecule has 1 rings (SSSR count). The third-order valence-corrected chi connectivity index (χ3v) is 2.93. The van der Waals surface area contributed by atoms with Gasteiger partial charge in [0.05, 0.1) is 20.8 Å². The first-order chi connectivity index (χ1) is 9.87. The molecule has 6 heteroatoms. The molecule has 118 valence electrons. The van der Waals surface area contributed by atoms with Crippen molar-refractivity contribution >= 4 is 5.97 Å².